The summed E-state index contributed by atoms with van der Waals surface area (Å²) in [5, 5.41) is 5.43. The average molecular weight is 490 g/mol. The average Bonchev–Trinajstić information content (AvgIpc) is 2.78. The first kappa shape index (κ1) is 27.3. The first-order valence-corrected chi connectivity index (χ1v) is 12.8. The number of hydrogen-bond acceptors (Lipinski definition) is 5. The molecule has 0 saturated carbocycles. The minimum Gasteiger partial charge on any atom is -0.497 e. The van der Waals surface area contributed by atoms with Crippen LogP contribution in [0.25, 0.3) is 0 Å². The first-order chi connectivity index (χ1) is 16.0. The van der Waals surface area contributed by atoms with Crippen LogP contribution in [0.4, 0.5) is 5.69 Å². The summed E-state index contributed by atoms with van der Waals surface area (Å²) in [6, 6.07) is 12.9. The van der Waals surface area contributed by atoms with Crippen LogP contribution in [0.3, 0.4) is 0 Å². The Morgan fingerprint density at radius 3 is 2.15 bits per heavy atom. The molecule has 2 N–H and O–H groups in total. The summed E-state index contributed by atoms with van der Waals surface area (Å²) < 4.78 is 32.8. The first-order valence-electron chi connectivity index (χ1n) is 11.3. The van der Waals surface area contributed by atoms with Gasteiger partial charge in [-0.2, -0.15) is 4.31 Å². The van der Waals surface area contributed by atoms with Crippen LogP contribution in [0.15, 0.2) is 53.4 Å². The number of nitrogens with zero attached hydrogens (tertiary/aromatic N) is 1. The number of nitrogens with one attached hydrogen (secondary N) is 2. The third-order valence-electron chi connectivity index (χ3n) is 4.88. The molecule has 2 aromatic rings. The number of hydrogen-bond donors (Lipinski definition) is 2. The van der Waals surface area contributed by atoms with Crippen molar-refractivity contribution >= 4 is 27.5 Å². The topological polar surface area (TPSA) is 105 Å². The fourth-order valence-corrected chi connectivity index (χ4v) is 5.09. The van der Waals surface area contributed by atoms with Crippen molar-refractivity contribution in [3.63, 3.8) is 0 Å². The van der Waals surface area contributed by atoms with Gasteiger partial charge in [-0.3, -0.25) is 9.59 Å². The van der Waals surface area contributed by atoms with E-state index in [-0.39, 0.29) is 41.5 Å². The van der Waals surface area contributed by atoms with Gasteiger partial charge in [0.1, 0.15) is 5.75 Å². The van der Waals surface area contributed by atoms with E-state index in [1.807, 2.05) is 27.7 Å². The molecule has 0 aromatic heterocycles. The van der Waals surface area contributed by atoms with E-state index in [1.54, 1.807) is 36.4 Å². The van der Waals surface area contributed by atoms with Gasteiger partial charge in [0.05, 0.1) is 12.0 Å². The van der Waals surface area contributed by atoms with E-state index in [2.05, 4.69) is 10.6 Å². The second-order valence-electron chi connectivity index (χ2n) is 8.92. The Kier molecular flexibility index (Phi) is 10.1. The predicted octanol–water partition coefficient (Wildman–Crippen LogP) is 3.76. The minimum absolute atomic E-state index is 0.0757. The van der Waals surface area contributed by atoms with Crippen LogP contribution in [0.1, 0.15) is 44.5 Å². The molecule has 0 unspecified atom stereocenters. The third kappa shape index (κ3) is 8.14. The summed E-state index contributed by atoms with van der Waals surface area (Å²) in [6.45, 7) is 9.00. The fraction of sp³-hybridized carbons (Fsp3) is 0.440. The quantitative estimate of drug-likeness (QED) is 0.472. The van der Waals surface area contributed by atoms with Crippen molar-refractivity contribution in [3.05, 3.63) is 54.1 Å². The van der Waals surface area contributed by atoms with Gasteiger partial charge in [0, 0.05) is 37.3 Å². The van der Waals surface area contributed by atoms with Crippen molar-refractivity contribution in [2.75, 3.05) is 32.1 Å². The molecular formula is C25H35N3O5S. The van der Waals surface area contributed by atoms with E-state index < -0.39 is 10.0 Å². The lowest BCUT2D eigenvalue weighted by Crippen LogP contribution is -2.37. The smallest absolute Gasteiger partial charge is 0.251 e. The van der Waals surface area contributed by atoms with Gasteiger partial charge in [0.2, 0.25) is 15.9 Å². The summed E-state index contributed by atoms with van der Waals surface area (Å²) in [5.41, 5.74) is 0.933. The van der Waals surface area contributed by atoms with E-state index in [0.717, 1.165) is 0 Å². The lowest BCUT2D eigenvalue weighted by molar-refractivity contribution is -0.116. The Morgan fingerprint density at radius 1 is 0.971 bits per heavy atom. The van der Waals surface area contributed by atoms with Gasteiger partial charge in [0.15, 0.2) is 0 Å². The summed E-state index contributed by atoms with van der Waals surface area (Å²) >= 11 is 0. The maximum Gasteiger partial charge on any atom is 0.251 e. The SMILES string of the molecule is COc1cccc(C(=O)NCCC(=O)Nc2ccc(S(=O)(=O)N(CC(C)C)CC(C)C)cc2)c1. The van der Waals surface area contributed by atoms with Crippen molar-refractivity contribution in [2.45, 2.75) is 39.0 Å². The molecule has 9 heteroatoms. The van der Waals surface area contributed by atoms with E-state index >= 15 is 0 Å². The summed E-state index contributed by atoms with van der Waals surface area (Å²) in [6.07, 6.45) is 0.0757. The van der Waals surface area contributed by atoms with Crippen molar-refractivity contribution in [1.82, 2.24) is 9.62 Å². The number of rotatable bonds is 12. The summed E-state index contributed by atoms with van der Waals surface area (Å²) in [4.78, 5) is 24.7. The molecule has 0 heterocycles. The van der Waals surface area contributed by atoms with E-state index in [0.29, 0.717) is 30.1 Å². The van der Waals surface area contributed by atoms with Gasteiger partial charge in [-0.1, -0.05) is 33.8 Å². The number of methoxy groups -OCH3 is 1. The molecule has 0 fully saturated rings. The molecule has 34 heavy (non-hydrogen) atoms. The van der Waals surface area contributed by atoms with Crippen LogP contribution in [0.5, 0.6) is 5.75 Å². The molecule has 2 rings (SSSR count). The lowest BCUT2D eigenvalue weighted by Gasteiger charge is -2.25. The normalized spacial score (nSPS) is 11.6. The molecule has 2 amide bonds. The Morgan fingerprint density at radius 2 is 1.59 bits per heavy atom. The second kappa shape index (κ2) is 12.5. The second-order valence-corrected chi connectivity index (χ2v) is 10.9. The zero-order valence-corrected chi connectivity index (χ0v) is 21.3. The monoisotopic (exact) mass is 489 g/mol. The molecule has 0 atom stereocenters. The Bertz CT molecular complexity index is 1060. The molecule has 0 spiro atoms. The van der Waals surface area contributed by atoms with Crippen LogP contribution in [0.2, 0.25) is 0 Å². The van der Waals surface area contributed by atoms with Crippen molar-refractivity contribution in [2.24, 2.45) is 11.8 Å². The molecule has 0 aliphatic heterocycles. The van der Waals surface area contributed by atoms with Crippen LogP contribution < -0.4 is 15.4 Å². The highest BCUT2D eigenvalue weighted by Crippen LogP contribution is 2.21. The molecule has 0 bridgehead atoms. The highest BCUT2D eigenvalue weighted by Gasteiger charge is 2.25. The fourth-order valence-electron chi connectivity index (χ4n) is 3.32. The largest absolute Gasteiger partial charge is 0.497 e. The molecule has 0 saturated heterocycles. The van der Waals surface area contributed by atoms with Gasteiger partial charge < -0.3 is 15.4 Å². The van der Waals surface area contributed by atoms with Gasteiger partial charge >= 0.3 is 0 Å². The molecule has 186 valence electrons. The van der Waals surface area contributed by atoms with Crippen molar-refractivity contribution < 1.29 is 22.7 Å². The third-order valence-corrected chi connectivity index (χ3v) is 6.73. The van der Waals surface area contributed by atoms with Gasteiger partial charge in [-0.05, 0) is 54.3 Å². The van der Waals surface area contributed by atoms with Crippen molar-refractivity contribution in [1.29, 1.82) is 0 Å². The number of amides is 2. The van der Waals surface area contributed by atoms with E-state index in [9.17, 15) is 18.0 Å². The molecule has 0 aliphatic rings. The maximum atomic E-state index is 13.1. The number of ether oxygens (including phenoxy) is 1. The van der Waals surface area contributed by atoms with Crippen LogP contribution in [-0.2, 0) is 14.8 Å². The van der Waals surface area contributed by atoms with Crippen LogP contribution in [-0.4, -0.2) is 51.3 Å². The summed E-state index contributed by atoms with van der Waals surface area (Å²) in [5.74, 6) is 0.400. The number of carbonyl (C=O) groups is 2. The highest BCUT2D eigenvalue weighted by molar-refractivity contribution is 7.89. The minimum atomic E-state index is -3.63. The van der Waals surface area contributed by atoms with Gasteiger partial charge in [-0.15, -0.1) is 0 Å². The van der Waals surface area contributed by atoms with Crippen LogP contribution in [0, 0.1) is 11.8 Å². The maximum absolute atomic E-state index is 13.1. The lowest BCUT2D eigenvalue weighted by atomic mass is 10.2. The zero-order valence-electron chi connectivity index (χ0n) is 20.5. The molecule has 8 nitrogen and oxygen atoms in total. The number of sulfonamides is 1. The number of anilines is 1. The van der Waals surface area contributed by atoms with Crippen molar-refractivity contribution in [3.8, 4) is 5.75 Å². The number of carbonyl (C=O) groups excluding carboxylic acids is 2. The molecule has 0 aliphatic carbocycles. The van der Waals surface area contributed by atoms with Gasteiger partial charge in [0.25, 0.3) is 5.91 Å². The van der Waals surface area contributed by atoms with Crippen LogP contribution >= 0.6 is 0 Å². The number of benzene rings is 2. The van der Waals surface area contributed by atoms with Gasteiger partial charge in [-0.25, -0.2) is 8.42 Å². The van der Waals surface area contributed by atoms with E-state index in [4.69, 9.17) is 4.74 Å². The Hall–Kier alpha value is -2.91. The standard InChI is InChI=1S/C25H35N3O5S/c1-18(2)16-28(17-19(3)4)34(31,32)23-11-9-21(10-12-23)27-24(29)13-14-26-25(30)20-7-6-8-22(15-20)33-5/h6-12,15,18-19H,13-14,16-17H2,1-5H3,(H,26,30)(H,27,29). The highest BCUT2D eigenvalue weighted by atomic mass is 32.2. The Labute approximate surface area is 202 Å². The predicted molar refractivity (Wildman–Crippen MR) is 133 cm³/mol. The zero-order chi connectivity index (χ0) is 25.3. The Balaban J connectivity index is 1.93. The molecule has 0 radical (unpaired) electrons. The molecule has 2 aromatic carbocycles. The summed E-state index contributed by atoms with van der Waals surface area (Å²) in [7, 11) is -2.10. The molecular weight excluding hydrogens is 454 g/mol. The van der Waals surface area contributed by atoms with E-state index in [1.165, 1.54) is 23.5 Å².